The van der Waals surface area contributed by atoms with Gasteiger partial charge in [0.25, 0.3) is 5.69 Å². The Morgan fingerprint density at radius 1 is 1.15 bits per heavy atom. The maximum atomic E-state index is 13.6. The molecule has 0 saturated carbocycles. The second-order valence-corrected chi connectivity index (χ2v) is 4.23. The Bertz CT molecular complexity index is 632. The van der Waals surface area contributed by atoms with E-state index in [-0.39, 0.29) is 17.2 Å². The number of rotatable bonds is 5. The van der Waals surface area contributed by atoms with Crippen LogP contribution in [0.3, 0.4) is 0 Å². The number of nitrogens with zero attached hydrogens (tertiary/aromatic N) is 1. The number of anilines is 1. The van der Waals surface area contributed by atoms with Crippen LogP contribution in [0.15, 0.2) is 42.5 Å². The van der Waals surface area contributed by atoms with Gasteiger partial charge in [0, 0.05) is 12.6 Å². The van der Waals surface area contributed by atoms with E-state index in [1.807, 2.05) is 0 Å². The standard InChI is InChI=1S/C14H12F2N2O2/c15-11-3-1-2-10(8-11)6-7-17-14-5-4-12(18(19)20)9-13(14)16/h1-5,8-9,17H,6-7H2. The third kappa shape index (κ3) is 3.50. The summed E-state index contributed by atoms with van der Waals surface area (Å²) in [6, 6.07) is 9.56. The van der Waals surface area contributed by atoms with Crippen LogP contribution in [0, 0.1) is 21.7 Å². The molecular weight excluding hydrogens is 266 g/mol. The zero-order chi connectivity index (χ0) is 14.5. The molecule has 2 rings (SSSR count). The summed E-state index contributed by atoms with van der Waals surface area (Å²) < 4.78 is 26.5. The summed E-state index contributed by atoms with van der Waals surface area (Å²) in [4.78, 5) is 9.83. The number of nitrogens with one attached hydrogen (secondary N) is 1. The monoisotopic (exact) mass is 278 g/mol. The lowest BCUT2D eigenvalue weighted by molar-refractivity contribution is -0.385. The summed E-state index contributed by atoms with van der Waals surface area (Å²) in [6.45, 7) is 0.401. The van der Waals surface area contributed by atoms with E-state index in [9.17, 15) is 18.9 Å². The molecule has 6 heteroatoms. The van der Waals surface area contributed by atoms with Crippen molar-refractivity contribution in [2.45, 2.75) is 6.42 Å². The number of hydrogen-bond donors (Lipinski definition) is 1. The summed E-state index contributed by atoms with van der Waals surface area (Å²) in [5.74, 6) is -0.998. The number of halogens is 2. The van der Waals surface area contributed by atoms with E-state index in [1.165, 1.54) is 24.3 Å². The van der Waals surface area contributed by atoms with Crippen LogP contribution < -0.4 is 5.32 Å². The Kier molecular flexibility index (Phi) is 4.24. The van der Waals surface area contributed by atoms with Crippen molar-refractivity contribution >= 4 is 11.4 Å². The van der Waals surface area contributed by atoms with Gasteiger partial charge in [0.05, 0.1) is 16.7 Å². The van der Waals surface area contributed by atoms with Gasteiger partial charge in [-0.15, -0.1) is 0 Å². The van der Waals surface area contributed by atoms with Gasteiger partial charge in [0.2, 0.25) is 0 Å². The number of nitro benzene ring substituents is 1. The molecule has 0 bridgehead atoms. The highest BCUT2D eigenvalue weighted by atomic mass is 19.1. The maximum absolute atomic E-state index is 13.6. The van der Waals surface area contributed by atoms with Gasteiger partial charge in [0.1, 0.15) is 5.82 Å². The summed E-state index contributed by atoms with van der Waals surface area (Å²) in [6.07, 6.45) is 0.522. The Morgan fingerprint density at radius 2 is 1.95 bits per heavy atom. The number of benzene rings is 2. The lowest BCUT2D eigenvalue weighted by atomic mass is 10.1. The zero-order valence-electron chi connectivity index (χ0n) is 10.5. The minimum absolute atomic E-state index is 0.187. The van der Waals surface area contributed by atoms with E-state index in [0.29, 0.717) is 13.0 Å². The van der Waals surface area contributed by atoms with Crippen LogP contribution in [-0.2, 0) is 6.42 Å². The second kappa shape index (κ2) is 6.10. The van der Waals surface area contributed by atoms with E-state index in [2.05, 4.69) is 5.32 Å². The minimum atomic E-state index is -0.682. The smallest absolute Gasteiger partial charge is 0.272 e. The van der Waals surface area contributed by atoms with E-state index in [0.717, 1.165) is 11.6 Å². The summed E-state index contributed by atoms with van der Waals surface area (Å²) in [5, 5.41) is 13.3. The fourth-order valence-corrected chi connectivity index (χ4v) is 1.79. The van der Waals surface area contributed by atoms with Crippen molar-refractivity contribution in [1.29, 1.82) is 0 Å². The molecule has 2 aromatic rings. The molecule has 0 aliphatic rings. The van der Waals surface area contributed by atoms with Crippen molar-refractivity contribution in [2.24, 2.45) is 0 Å². The highest BCUT2D eigenvalue weighted by Crippen LogP contribution is 2.20. The largest absolute Gasteiger partial charge is 0.382 e. The van der Waals surface area contributed by atoms with Gasteiger partial charge in [-0.25, -0.2) is 8.78 Å². The minimum Gasteiger partial charge on any atom is -0.382 e. The summed E-state index contributed by atoms with van der Waals surface area (Å²) in [7, 11) is 0. The fraction of sp³-hybridized carbons (Fsp3) is 0.143. The van der Waals surface area contributed by atoms with Crippen molar-refractivity contribution in [3.63, 3.8) is 0 Å². The molecule has 1 N–H and O–H groups in total. The normalized spacial score (nSPS) is 10.3. The van der Waals surface area contributed by atoms with Crippen molar-refractivity contribution in [3.05, 3.63) is 69.8 Å². The predicted octanol–water partition coefficient (Wildman–Crippen LogP) is 3.53. The van der Waals surface area contributed by atoms with Crippen molar-refractivity contribution in [3.8, 4) is 0 Å². The molecule has 0 fully saturated rings. The Hall–Kier alpha value is -2.50. The first-order valence-electron chi connectivity index (χ1n) is 5.98. The Morgan fingerprint density at radius 3 is 2.60 bits per heavy atom. The van der Waals surface area contributed by atoms with Gasteiger partial charge in [0.15, 0.2) is 5.82 Å². The molecule has 0 aliphatic heterocycles. The third-order valence-corrected chi connectivity index (χ3v) is 2.78. The van der Waals surface area contributed by atoms with Crippen LogP contribution in [0.4, 0.5) is 20.2 Å². The number of hydrogen-bond acceptors (Lipinski definition) is 3. The van der Waals surface area contributed by atoms with Crippen molar-refractivity contribution in [2.75, 3.05) is 11.9 Å². The third-order valence-electron chi connectivity index (χ3n) is 2.78. The molecule has 4 nitrogen and oxygen atoms in total. The number of nitro groups is 1. The fourth-order valence-electron chi connectivity index (χ4n) is 1.79. The van der Waals surface area contributed by atoms with Crippen LogP contribution >= 0.6 is 0 Å². The highest BCUT2D eigenvalue weighted by Gasteiger charge is 2.10. The molecular formula is C14H12F2N2O2. The molecule has 0 unspecified atom stereocenters. The van der Waals surface area contributed by atoms with Crippen LogP contribution in [0.25, 0.3) is 0 Å². The quantitative estimate of drug-likeness (QED) is 0.672. The van der Waals surface area contributed by atoms with Crippen LogP contribution in [0.2, 0.25) is 0 Å². The molecule has 0 spiro atoms. The van der Waals surface area contributed by atoms with Gasteiger partial charge in [-0.3, -0.25) is 10.1 Å². The van der Waals surface area contributed by atoms with E-state index in [4.69, 9.17) is 0 Å². The molecule has 0 radical (unpaired) electrons. The lowest BCUT2D eigenvalue weighted by Crippen LogP contribution is -2.06. The molecule has 0 aromatic heterocycles. The molecule has 0 atom stereocenters. The van der Waals surface area contributed by atoms with Crippen molar-refractivity contribution < 1.29 is 13.7 Å². The summed E-state index contributed by atoms with van der Waals surface area (Å²) >= 11 is 0. The molecule has 0 heterocycles. The average Bonchev–Trinajstić information content (AvgIpc) is 2.40. The predicted molar refractivity (Wildman–Crippen MR) is 71.6 cm³/mol. The second-order valence-electron chi connectivity index (χ2n) is 4.23. The van der Waals surface area contributed by atoms with E-state index >= 15 is 0 Å². The molecule has 2 aromatic carbocycles. The van der Waals surface area contributed by atoms with Gasteiger partial charge in [-0.05, 0) is 30.2 Å². The topological polar surface area (TPSA) is 55.2 Å². The molecule has 104 valence electrons. The Labute approximate surface area is 114 Å². The summed E-state index contributed by atoms with van der Waals surface area (Å²) in [5.41, 5.74) is 0.685. The Balaban J connectivity index is 1.96. The van der Waals surface area contributed by atoms with Gasteiger partial charge < -0.3 is 5.32 Å². The zero-order valence-corrected chi connectivity index (χ0v) is 10.5. The van der Waals surface area contributed by atoms with Gasteiger partial charge in [-0.2, -0.15) is 0 Å². The average molecular weight is 278 g/mol. The van der Waals surface area contributed by atoms with Gasteiger partial charge in [-0.1, -0.05) is 12.1 Å². The first kappa shape index (κ1) is 13.9. The molecule has 0 aliphatic carbocycles. The molecule has 0 saturated heterocycles. The van der Waals surface area contributed by atoms with Crippen LogP contribution in [-0.4, -0.2) is 11.5 Å². The first-order valence-corrected chi connectivity index (χ1v) is 5.98. The van der Waals surface area contributed by atoms with E-state index in [1.54, 1.807) is 12.1 Å². The van der Waals surface area contributed by atoms with Crippen LogP contribution in [0.5, 0.6) is 0 Å². The SMILES string of the molecule is O=[N+]([O-])c1ccc(NCCc2cccc(F)c2)c(F)c1. The molecule has 20 heavy (non-hydrogen) atoms. The van der Waals surface area contributed by atoms with E-state index < -0.39 is 10.7 Å². The highest BCUT2D eigenvalue weighted by molar-refractivity contribution is 5.50. The maximum Gasteiger partial charge on any atom is 0.272 e. The lowest BCUT2D eigenvalue weighted by Gasteiger charge is -2.07. The number of non-ortho nitro benzene ring substituents is 1. The van der Waals surface area contributed by atoms with Gasteiger partial charge >= 0.3 is 0 Å². The van der Waals surface area contributed by atoms with Crippen LogP contribution in [0.1, 0.15) is 5.56 Å². The van der Waals surface area contributed by atoms with Crippen molar-refractivity contribution in [1.82, 2.24) is 0 Å². The molecule has 0 amide bonds. The first-order chi connectivity index (χ1) is 9.56.